The van der Waals surface area contributed by atoms with Crippen molar-refractivity contribution in [1.29, 1.82) is 0 Å². The molecule has 0 spiro atoms. The van der Waals surface area contributed by atoms with E-state index >= 15 is 0 Å². The summed E-state index contributed by atoms with van der Waals surface area (Å²) in [4.78, 5) is 28.6. The molecule has 3 aromatic rings. The van der Waals surface area contributed by atoms with E-state index in [0.29, 0.717) is 6.42 Å². The first-order chi connectivity index (χ1) is 13.5. The molecule has 0 aliphatic carbocycles. The highest BCUT2D eigenvalue weighted by Crippen LogP contribution is 2.28. The van der Waals surface area contributed by atoms with Gasteiger partial charge in [-0.3, -0.25) is 9.59 Å². The summed E-state index contributed by atoms with van der Waals surface area (Å²) in [5, 5.41) is 4.68. The summed E-state index contributed by atoms with van der Waals surface area (Å²) in [6.07, 6.45) is 0.471. The Bertz CT molecular complexity index is 943. The molecule has 28 heavy (non-hydrogen) atoms. The molecule has 0 fully saturated rings. The molecule has 1 aromatic heterocycles. The summed E-state index contributed by atoms with van der Waals surface area (Å²) >= 11 is 2.75. The van der Waals surface area contributed by atoms with Crippen molar-refractivity contribution in [3.63, 3.8) is 0 Å². The summed E-state index contributed by atoms with van der Waals surface area (Å²) in [5.41, 5.74) is 2.58. The Morgan fingerprint density at radius 2 is 1.86 bits per heavy atom. The van der Waals surface area contributed by atoms with Gasteiger partial charge in [0.25, 0.3) is 0 Å². The average Bonchev–Trinajstić information content (AvgIpc) is 3.16. The maximum Gasteiger partial charge on any atom is 0.231 e. The van der Waals surface area contributed by atoms with Crippen molar-refractivity contribution < 1.29 is 14.0 Å². The predicted molar refractivity (Wildman–Crippen MR) is 111 cm³/mol. The highest BCUT2D eigenvalue weighted by atomic mass is 32.2. The van der Waals surface area contributed by atoms with Crippen molar-refractivity contribution in [2.75, 3.05) is 5.75 Å². The molecule has 1 N–H and O–H groups in total. The molecule has 1 atom stereocenters. The maximum absolute atomic E-state index is 13.0. The summed E-state index contributed by atoms with van der Waals surface area (Å²) in [6, 6.07) is 15.2. The van der Waals surface area contributed by atoms with E-state index in [2.05, 4.69) is 10.3 Å². The van der Waals surface area contributed by atoms with Gasteiger partial charge in [-0.1, -0.05) is 42.1 Å². The molecular weight excluding hydrogens is 395 g/mol. The van der Waals surface area contributed by atoms with E-state index in [4.69, 9.17) is 0 Å². The highest BCUT2D eigenvalue weighted by Gasteiger charge is 2.18. The van der Waals surface area contributed by atoms with Crippen molar-refractivity contribution in [2.24, 2.45) is 0 Å². The minimum Gasteiger partial charge on any atom is -0.345 e. The molecule has 1 unspecified atom stereocenters. The lowest BCUT2D eigenvalue weighted by atomic mass is 10.0. The SMILES string of the molecule is CC(=O)C(Cc1ccccc1)NC(=O)CSc1nc(-c2ccc(F)cc2)cs1. The molecule has 7 heteroatoms. The first-order valence-corrected chi connectivity index (χ1v) is 10.6. The number of aromatic nitrogens is 1. The molecule has 3 rings (SSSR count). The molecule has 0 radical (unpaired) electrons. The highest BCUT2D eigenvalue weighted by molar-refractivity contribution is 8.01. The fourth-order valence-corrected chi connectivity index (χ4v) is 4.23. The Labute approximate surface area is 171 Å². The fourth-order valence-electron chi connectivity index (χ4n) is 2.59. The molecule has 1 amide bonds. The third-order valence-corrected chi connectivity index (χ3v) is 6.08. The van der Waals surface area contributed by atoms with E-state index in [-0.39, 0.29) is 23.3 Å². The molecule has 144 valence electrons. The Morgan fingerprint density at radius 3 is 2.54 bits per heavy atom. The average molecular weight is 415 g/mol. The normalized spacial score (nSPS) is 11.8. The second-order valence-electron chi connectivity index (χ2n) is 6.21. The molecule has 2 aromatic carbocycles. The Kier molecular flexibility index (Phi) is 6.95. The van der Waals surface area contributed by atoms with Gasteiger partial charge in [0.05, 0.1) is 17.5 Å². The molecular formula is C21H19FN2O2S2. The van der Waals surface area contributed by atoms with E-state index in [1.807, 2.05) is 35.7 Å². The number of nitrogens with one attached hydrogen (secondary N) is 1. The number of thioether (sulfide) groups is 1. The van der Waals surface area contributed by atoms with Gasteiger partial charge in [-0.2, -0.15) is 0 Å². The zero-order chi connectivity index (χ0) is 19.9. The number of ketones is 1. The third kappa shape index (κ3) is 5.74. The number of Topliss-reactive ketones (excluding diaryl/α,β-unsaturated/α-hetero) is 1. The Morgan fingerprint density at radius 1 is 1.14 bits per heavy atom. The van der Waals surface area contributed by atoms with Gasteiger partial charge in [-0.15, -0.1) is 11.3 Å². The zero-order valence-corrected chi connectivity index (χ0v) is 16.9. The topological polar surface area (TPSA) is 59.1 Å². The molecule has 1 heterocycles. The summed E-state index contributed by atoms with van der Waals surface area (Å²) in [5.74, 6) is -0.398. The summed E-state index contributed by atoms with van der Waals surface area (Å²) in [6.45, 7) is 1.48. The van der Waals surface area contributed by atoms with Crippen LogP contribution in [0, 0.1) is 5.82 Å². The number of hydrogen-bond donors (Lipinski definition) is 1. The van der Waals surface area contributed by atoms with Crippen LogP contribution in [0.2, 0.25) is 0 Å². The van der Waals surface area contributed by atoms with Crippen LogP contribution in [0.5, 0.6) is 0 Å². The van der Waals surface area contributed by atoms with Crippen LogP contribution < -0.4 is 5.32 Å². The van der Waals surface area contributed by atoms with Crippen LogP contribution in [-0.2, 0) is 16.0 Å². The second kappa shape index (κ2) is 9.61. The molecule has 0 aliphatic rings. The Hall–Kier alpha value is -2.51. The van der Waals surface area contributed by atoms with Crippen LogP contribution in [0.1, 0.15) is 12.5 Å². The van der Waals surface area contributed by atoms with Crippen LogP contribution in [0.15, 0.2) is 64.3 Å². The first-order valence-electron chi connectivity index (χ1n) is 8.69. The van der Waals surface area contributed by atoms with Crippen LogP contribution in [0.25, 0.3) is 11.3 Å². The fraction of sp³-hybridized carbons (Fsp3) is 0.190. The number of nitrogens with zero attached hydrogens (tertiary/aromatic N) is 1. The van der Waals surface area contributed by atoms with E-state index in [0.717, 1.165) is 21.2 Å². The van der Waals surface area contributed by atoms with Crippen LogP contribution in [-0.4, -0.2) is 28.5 Å². The lowest BCUT2D eigenvalue weighted by molar-refractivity contribution is -0.125. The van der Waals surface area contributed by atoms with Crippen LogP contribution in [0.4, 0.5) is 4.39 Å². The second-order valence-corrected chi connectivity index (χ2v) is 8.30. The van der Waals surface area contributed by atoms with Crippen molar-refractivity contribution in [2.45, 2.75) is 23.7 Å². The molecule has 0 aliphatic heterocycles. The van der Waals surface area contributed by atoms with Gasteiger partial charge in [0.2, 0.25) is 5.91 Å². The smallest absolute Gasteiger partial charge is 0.231 e. The standard InChI is InChI=1S/C21H19FN2O2S2/c1-14(25)18(11-15-5-3-2-4-6-15)23-20(26)13-28-21-24-19(12-27-21)16-7-9-17(22)10-8-16/h2-10,12,18H,11,13H2,1H3,(H,23,26). The van der Waals surface area contributed by atoms with Crippen molar-refractivity contribution in [1.82, 2.24) is 10.3 Å². The van der Waals surface area contributed by atoms with Gasteiger partial charge >= 0.3 is 0 Å². The summed E-state index contributed by atoms with van der Waals surface area (Å²) < 4.78 is 13.8. The number of halogens is 1. The maximum atomic E-state index is 13.0. The quantitative estimate of drug-likeness (QED) is 0.557. The molecule has 4 nitrogen and oxygen atoms in total. The van der Waals surface area contributed by atoms with Gasteiger partial charge in [-0.05, 0) is 43.2 Å². The number of hydrogen-bond acceptors (Lipinski definition) is 5. The van der Waals surface area contributed by atoms with Crippen molar-refractivity contribution in [3.05, 3.63) is 71.4 Å². The lowest BCUT2D eigenvalue weighted by Gasteiger charge is -2.15. The number of carbonyl (C=O) groups excluding carboxylic acids is 2. The number of rotatable bonds is 8. The number of carbonyl (C=O) groups is 2. The Balaban J connectivity index is 1.54. The van der Waals surface area contributed by atoms with Crippen LogP contribution >= 0.6 is 23.1 Å². The van der Waals surface area contributed by atoms with Gasteiger partial charge in [0.1, 0.15) is 5.82 Å². The van der Waals surface area contributed by atoms with E-state index in [1.165, 1.54) is 42.2 Å². The number of benzene rings is 2. The monoisotopic (exact) mass is 414 g/mol. The number of thiazole rings is 1. The van der Waals surface area contributed by atoms with Gasteiger partial charge in [0.15, 0.2) is 10.1 Å². The predicted octanol–water partition coefficient (Wildman–Crippen LogP) is 4.36. The first kappa shape index (κ1) is 20.2. The summed E-state index contributed by atoms with van der Waals surface area (Å²) in [7, 11) is 0. The van der Waals surface area contributed by atoms with Crippen molar-refractivity contribution in [3.8, 4) is 11.3 Å². The van der Waals surface area contributed by atoms with Crippen LogP contribution in [0.3, 0.4) is 0 Å². The molecule has 0 saturated carbocycles. The van der Waals surface area contributed by atoms with Gasteiger partial charge < -0.3 is 5.32 Å². The van der Waals surface area contributed by atoms with E-state index < -0.39 is 6.04 Å². The number of amides is 1. The van der Waals surface area contributed by atoms with Gasteiger partial charge in [-0.25, -0.2) is 9.37 Å². The van der Waals surface area contributed by atoms with E-state index in [1.54, 1.807) is 12.1 Å². The minimum absolute atomic E-state index is 0.0740. The molecule has 0 saturated heterocycles. The zero-order valence-electron chi connectivity index (χ0n) is 15.2. The largest absolute Gasteiger partial charge is 0.345 e. The minimum atomic E-state index is -0.540. The van der Waals surface area contributed by atoms with Gasteiger partial charge in [0, 0.05) is 10.9 Å². The van der Waals surface area contributed by atoms with E-state index in [9.17, 15) is 14.0 Å². The third-order valence-electron chi connectivity index (χ3n) is 4.06. The van der Waals surface area contributed by atoms with Crippen molar-refractivity contribution >= 4 is 34.8 Å². The lowest BCUT2D eigenvalue weighted by Crippen LogP contribution is -2.42. The molecule has 0 bridgehead atoms.